The van der Waals surface area contributed by atoms with Crippen LogP contribution in [-0.2, 0) is 18.8 Å². The number of nitrogens with zero attached hydrogens (tertiary/aromatic N) is 7. The molecule has 4 rings (SSSR count). The Hall–Kier alpha value is -2.95. The van der Waals surface area contributed by atoms with Crippen LogP contribution in [0, 0.1) is 13.8 Å². The zero-order valence-corrected chi connectivity index (χ0v) is 18.3. The summed E-state index contributed by atoms with van der Waals surface area (Å²) in [5.41, 5.74) is 1.89. The van der Waals surface area contributed by atoms with E-state index in [1.807, 2.05) is 31.4 Å². The number of rotatable bonds is 7. The highest BCUT2D eigenvalue weighted by Crippen LogP contribution is 2.22. The molecule has 0 fully saturated rings. The first-order valence-corrected chi connectivity index (χ1v) is 11.0. The average molecular weight is 429 g/mol. The predicted molar refractivity (Wildman–Crippen MR) is 115 cm³/mol. The molecule has 4 aromatic heterocycles. The lowest BCUT2D eigenvalue weighted by atomic mass is 10.3. The van der Waals surface area contributed by atoms with Gasteiger partial charge in [-0.1, -0.05) is 25.1 Å². The van der Waals surface area contributed by atoms with Crippen molar-refractivity contribution in [2.24, 2.45) is 0 Å². The summed E-state index contributed by atoms with van der Waals surface area (Å²) in [4.78, 5) is 40.8. The monoisotopic (exact) mass is 428 g/mol. The van der Waals surface area contributed by atoms with Crippen LogP contribution in [0.2, 0.25) is 0 Å². The topological polar surface area (TPSA) is 116 Å². The molecular formula is C19H24N8O2S. The number of thioether (sulfide) groups is 1. The van der Waals surface area contributed by atoms with Crippen molar-refractivity contribution in [3.8, 4) is 0 Å². The zero-order chi connectivity index (χ0) is 21.4. The summed E-state index contributed by atoms with van der Waals surface area (Å²) in [6.45, 7) is 8.99. The highest BCUT2D eigenvalue weighted by Gasteiger charge is 2.18. The lowest BCUT2D eigenvalue weighted by Gasteiger charge is -2.06. The van der Waals surface area contributed by atoms with Gasteiger partial charge in [0, 0.05) is 24.5 Å². The second kappa shape index (κ2) is 8.05. The molecule has 0 amide bonds. The molecule has 4 aromatic rings. The van der Waals surface area contributed by atoms with E-state index in [1.54, 1.807) is 9.08 Å². The quantitative estimate of drug-likeness (QED) is 0.448. The third kappa shape index (κ3) is 3.53. The Bertz CT molecular complexity index is 1350. The van der Waals surface area contributed by atoms with Gasteiger partial charge in [-0.2, -0.15) is 4.98 Å². The molecular weight excluding hydrogens is 404 g/mol. The van der Waals surface area contributed by atoms with Crippen LogP contribution in [0.4, 0.5) is 0 Å². The summed E-state index contributed by atoms with van der Waals surface area (Å²) < 4.78 is 5.12. The van der Waals surface area contributed by atoms with E-state index in [9.17, 15) is 9.59 Å². The Kier molecular flexibility index (Phi) is 5.46. The molecule has 0 saturated carbocycles. The summed E-state index contributed by atoms with van der Waals surface area (Å²) in [5.74, 6) is 1.74. The molecule has 0 aliphatic rings. The summed E-state index contributed by atoms with van der Waals surface area (Å²) in [5, 5.41) is 5.10. The molecule has 0 unspecified atom stereocenters. The summed E-state index contributed by atoms with van der Waals surface area (Å²) in [6.07, 6.45) is 1.78. The number of fused-ring (bicyclic) bond motifs is 2. The van der Waals surface area contributed by atoms with E-state index in [2.05, 4.69) is 32.0 Å². The molecule has 0 aromatic carbocycles. The number of nitrogens with one attached hydrogen (secondary N) is 1. The summed E-state index contributed by atoms with van der Waals surface area (Å²) in [7, 11) is 0. The number of hydrogen-bond acceptors (Lipinski definition) is 7. The van der Waals surface area contributed by atoms with Crippen LogP contribution in [0.5, 0.6) is 0 Å². The molecule has 0 aliphatic carbocycles. The van der Waals surface area contributed by atoms with Crippen LogP contribution >= 0.6 is 11.8 Å². The smallest absolute Gasteiger partial charge is 0.322 e. The number of unbranched alkanes of at least 4 members (excludes halogenated alkanes) is 1. The van der Waals surface area contributed by atoms with Gasteiger partial charge in [0.05, 0.1) is 5.75 Å². The standard InChI is InChI=1S/C19H24N8O2S/c1-5-7-8-26-15-14(16(28)22-19(26)29)25(6-2)13(21-15)10-30-18-23-17-20-11(3)9-12(4)27(17)24-18/h9H,5-8,10H2,1-4H3,(H,22,28,29). The molecule has 1 N–H and O–H groups in total. The van der Waals surface area contributed by atoms with Gasteiger partial charge in [0.25, 0.3) is 11.3 Å². The molecule has 0 radical (unpaired) electrons. The SMILES string of the molecule is CCCCn1c(=O)[nH]c(=O)c2c1nc(CSc1nc3nc(C)cc(C)n3n1)n2CC. The van der Waals surface area contributed by atoms with E-state index in [1.165, 1.54) is 11.8 Å². The maximum atomic E-state index is 12.5. The maximum Gasteiger partial charge on any atom is 0.330 e. The minimum atomic E-state index is -0.417. The Labute approximate surface area is 176 Å². The fourth-order valence-corrected chi connectivity index (χ4v) is 4.29. The van der Waals surface area contributed by atoms with E-state index in [0.717, 1.165) is 24.2 Å². The molecule has 10 nitrogen and oxygen atoms in total. The second-order valence-electron chi connectivity index (χ2n) is 7.14. The van der Waals surface area contributed by atoms with E-state index in [4.69, 9.17) is 0 Å². The van der Waals surface area contributed by atoms with Gasteiger partial charge in [0.15, 0.2) is 11.2 Å². The first-order valence-electron chi connectivity index (χ1n) is 9.99. The number of hydrogen-bond donors (Lipinski definition) is 1. The predicted octanol–water partition coefficient (Wildman–Crippen LogP) is 2.05. The van der Waals surface area contributed by atoms with Crippen molar-refractivity contribution < 1.29 is 0 Å². The van der Waals surface area contributed by atoms with Crippen molar-refractivity contribution in [3.63, 3.8) is 0 Å². The van der Waals surface area contributed by atoms with E-state index in [-0.39, 0.29) is 0 Å². The minimum absolute atomic E-state index is 0.408. The second-order valence-corrected chi connectivity index (χ2v) is 8.09. The zero-order valence-electron chi connectivity index (χ0n) is 17.5. The van der Waals surface area contributed by atoms with Gasteiger partial charge in [-0.15, -0.1) is 5.10 Å². The molecule has 11 heteroatoms. The molecule has 0 aliphatic heterocycles. The largest absolute Gasteiger partial charge is 0.330 e. The Balaban J connectivity index is 1.72. The lowest BCUT2D eigenvalue weighted by molar-refractivity contribution is 0.613. The van der Waals surface area contributed by atoms with Crippen LogP contribution < -0.4 is 11.2 Å². The number of aryl methyl sites for hydroxylation is 4. The van der Waals surface area contributed by atoms with Crippen molar-refractivity contribution >= 4 is 28.7 Å². The average Bonchev–Trinajstić information content (AvgIpc) is 3.27. The van der Waals surface area contributed by atoms with Gasteiger partial charge >= 0.3 is 5.69 Å². The molecule has 158 valence electrons. The minimum Gasteiger partial charge on any atom is -0.322 e. The van der Waals surface area contributed by atoms with Crippen LogP contribution in [0.25, 0.3) is 16.9 Å². The molecule has 0 atom stereocenters. The Morgan fingerprint density at radius 1 is 1.10 bits per heavy atom. The van der Waals surface area contributed by atoms with E-state index in [0.29, 0.717) is 46.8 Å². The Morgan fingerprint density at radius 3 is 2.63 bits per heavy atom. The number of aromatic amines is 1. The highest BCUT2D eigenvalue weighted by molar-refractivity contribution is 7.98. The molecule has 0 spiro atoms. The first kappa shape index (κ1) is 20.3. The van der Waals surface area contributed by atoms with E-state index < -0.39 is 11.2 Å². The molecule has 0 saturated heterocycles. The first-order chi connectivity index (χ1) is 14.4. The van der Waals surface area contributed by atoms with Crippen LogP contribution in [0.3, 0.4) is 0 Å². The van der Waals surface area contributed by atoms with Crippen molar-refractivity contribution in [1.82, 2.24) is 38.7 Å². The van der Waals surface area contributed by atoms with Crippen LogP contribution in [-0.4, -0.2) is 38.7 Å². The fourth-order valence-electron chi connectivity index (χ4n) is 3.53. The van der Waals surface area contributed by atoms with Gasteiger partial charge in [0.2, 0.25) is 5.16 Å². The summed E-state index contributed by atoms with van der Waals surface area (Å²) >= 11 is 1.43. The van der Waals surface area contributed by atoms with Crippen molar-refractivity contribution in [2.75, 3.05) is 0 Å². The van der Waals surface area contributed by atoms with Gasteiger partial charge in [-0.3, -0.25) is 14.3 Å². The third-order valence-corrected chi connectivity index (χ3v) is 5.78. The number of aromatic nitrogens is 8. The molecule has 0 bridgehead atoms. The third-order valence-electron chi connectivity index (χ3n) is 4.95. The van der Waals surface area contributed by atoms with Crippen molar-refractivity contribution in [3.05, 3.63) is 44.1 Å². The van der Waals surface area contributed by atoms with Crippen LogP contribution in [0.15, 0.2) is 20.8 Å². The van der Waals surface area contributed by atoms with E-state index >= 15 is 0 Å². The fraction of sp³-hybridized carbons (Fsp3) is 0.474. The van der Waals surface area contributed by atoms with Crippen LogP contribution in [0.1, 0.15) is 43.9 Å². The highest BCUT2D eigenvalue weighted by atomic mass is 32.2. The number of H-pyrrole nitrogens is 1. The summed E-state index contributed by atoms with van der Waals surface area (Å²) in [6, 6.07) is 1.95. The van der Waals surface area contributed by atoms with Gasteiger partial charge in [0.1, 0.15) is 5.82 Å². The van der Waals surface area contributed by atoms with Crippen molar-refractivity contribution in [1.29, 1.82) is 0 Å². The lowest BCUT2D eigenvalue weighted by Crippen LogP contribution is -2.31. The Morgan fingerprint density at radius 2 is 1.90 bits per heavy atom. The number of imidazole rings is 1. The van der Waals surface area contributed by atoms with Gasteiger partial charge in [-0.25, -0.2) is 19.3 Å². The molecule has 4 heterocycles. The maximum absolute atomic E-state index is 12.5. The van der Waals surface area contributed by atoms with Gasteiger partial charge in [-0.05, 0) is 33.3 Å². The van der Waals surface area contributed by atoms with Gasteiger partial charge < -0.3 is 4.57 Å². The van der Waals surface area contributed by atoms with Crippen molar-refractivity contribution in [2.45, 2.75) is 64.5 Å². The molecule has 30 heavy (non-hydrogen) atoms. The normalized spacial score (nSPS) is 11.7.